The van der Waals surface area contributed by atoms with Crippen LogP contribution in [-0.4, -0.2) is 16.7 Å². The van der Waals surface area contributed by atoms with Crippen molar-refractivity contribution in [1.29, 1.82) is 0 Å². The summed E-state index contributed by atoms with van der Waals surface area (Å²) in [6.45, 7) is 0. The zero-order valence-corrected chi connectivity index (χ0v) is 17.3. The molecule has 0 radical (unpaired) electrons. The van der Waals surface area contributed by atoms with E-state index in [1.54, 1.807) is 13.2 Å². The molecule has 0 amide bonds. The van der Waals surface area contributed by atoms with Crippen LogP contribution in [0.25, 0.3) is 11.0 Å². The highest BCUT2D eigenvalue weighted by Crippen LogP contribution is 2.43. The highest BCUT2D eigenvalue weighted by molar-refractivity contribution is 6.35. The molecule has 5 rings (SSSR count). The summed E-state index contributed by atoms with van der Waals surface area (Å²) in [5.41, 5.74) is 4.30. The molecule has 0 saturated heterocycles. The van der Waals surface area contributed by atoms with E-state index in [-0.39, 0.29) is 12.1 Å². The Morgan fingerprint density at radius 3 is 2.59 bits per heavy atom. The van der Waals surface area contributed by atoms with Crippen LogP contribution in [0, 0.1) is 0 Å². The first-order valence-electron chi connectivity index (χ1n) is 9.46. The van der Waals surface area contributed by atoms with Crippen molar-refractivity contribution in [2.45, 2.75) is 18.5 Å². The molecule has 146 valence electrons. The minimum atomic E-state index is 0.0242. The number of methoxy groups -OCH3 is 1. The molecule has 0 saturated carbocycles. The van der Waals surface area contributed by atoms with E-state index in [0.29, 0.717) is 10.0 Å². The van der Waals surface area contributed by atoms with Crippen LogP contribution in [0.3, 0.4) is 0 Å². The molecule has 2 atom stereocenters. The molecule has 0 fully saturated rings. The smallest absolute Gasteiger partial charge is 0.204 e. The van der Waals surface area contributed by atoms with Crippen molar-refractivity contribution in [3.8, 4) is 5.75 Å². The second-order valence-electron chi connectivity index (χ2n) is 7.18. The molecule has 6 heteroatoms. The molecule has 4 nitrogen and oxygen atoms in total. The quantitative estimate of drug-likeness (QED) is 0.408. The number of benzene rings is 3. The lowest BCUT2D eigenvalue weighted by atomic mass is 9.92. The van der Waals surface area contributed by atoms with Gasteiger partial charge in [0.25, 0.3) is 0 Å². The maximum absolute atomic E-state index is 6.53. The molecule has 29 heavy (non-hydrogen) atoms. The van der Waals surface area contributed by atoms with Gasteiger partial charge in [0.05, 0.1) is 30.2 Å². The standard InChI is InChI=1S/C23H19Cl2N3O/c1-29-16-9-6-14(7-10-16)22-13-20(17-11-8-15(24)12-18(17)25)27-23-26-19-4-2-3-5-21(19)28(22)23/h2-12,20,22H,13H2,1H3,(H,26,27). The van der Waals surface area contributed by atoms with Crippen LogP contribution in [0.5, 0.6) is 5.75 Å². The van der Waals surface area contributed by atoms with Crippen LogP contribution in [0.4, 0.5) is 5.95 Å². The Kier molecular flexibility index (Phi) is 4.61. The number of para-hydroxylation sites is 2. The van der Waals surface area contributed by atoms with Crippen molar-refractivity contribution < 1.29 is 4.74 Å². The Bertz CT molecular complexity index is 1190. The molecule has 1 aromatic heterocycles. The summed E-state index contributed by atoms with van der Waals surface area (Å²) in [7, 11) is 1.68. The van der Waals surface area contributed by atoms with Gasteiger partial charge in [-0.2, -0.15) is 0 Å². The minimum Gasteiger partial charge on any atom is -0.497 e. The average molecular weight is 424 g/mol. The number of nitrogens with zero attached hydrogens (tertiary/aromatic N) is 2. The number of fused-ring (bicyclic) bond motifs is 3. The first-order valence-corrected chi connectivity index (χ1v) is 10.2. The molecule has 4 aromatic rings. The number of halogens is 2. The first-order chi connectivity index (χ1) is 14.1. The fraction of sp³-hybridized carbons (Fsp3) is 0.174. The van der Waals surface area contributed by atoms with Crippen LogP contribution in [-0.2, 0) is 0 Å². The van der Waals surface area contributed by atoms with E-state index in [1.165, 1.54) is 5.56 Å². The number of anilines is 1. The number of ether oxygens (including phenoxy) is 1. The summed E-state index contributed by atoms with van der Waals surface area (Å²) in [6, 6.07) is 22.2. The van der Waals surface area contributed by atoms with Crippen molar-refractivity contribution in [3.63, 3.8) is 0 Å². The summed E-state index contributed by atoms with van der Waals surface area (Å²) in [5.74, 6) is 1.69. The highest BCUT2D eigenvalue weighted by atomic mass is 35.5. The Morgan fingerprint density at radius 1 is 1.03 bits per heavy atom. The van der Waals surface area contributed by atoms with Gasteiger partial charge in [-0.05, 0) is 53.9 Å². The van der Waals surface area contributed by atoms with Crippen LogP contribution >= 0.6 is 23.2 Å². The van der Waals surface area contributed by atoms with Gasteiger partial charge >= 0.3 is 0 Å². The van der Waals surface area contributed by atoms with E-state index < -0.39 is 0 Å². The number of hydrogen-bond donors (Lipinski definition) is 1. The number of nitrogens with one attached hydrogen (secondary N) is 1. The summed E-state index contributed by atoms with van der Waals surface area (Å²) in [4.78, 5) is 4.84. The summed E-state index contributed by atoms with van der Waals surface area (Å²) < 4.78 is 7.61. The van der Waals surface area contributed by atoms with Gasteiger partial charge in [-0.1, -0.05) is 53.5 Å². The van der Waals surface area contributed by atoms with Gasteiger partial charge in [-0.3, -0.25) is 0 Å². The highest BCUT2D eigenvalue weighted by Gasteiger charge is 2.31. The first kappa shape index (κ1) is 18.3. The molecule has 0 spiro atoms. The number of aromatic nitrogens is 2. The Morgan fingerprint density at radius 2 is 1.83 bits per heavy atom. The fourth-order valence-electron chi connectivity index (χ4n) is 4.11. The fourth-order valence-corrected chi connectivity index (χ4v) is 4.65. The van der Waals surface area contributed by atoms with E-state index in [0.717, 1.165) is 34.7 Å². The van der Waals surface area contributed by atoms with Crippen molar-refractivity contribution in [2.75, 3.05) is 12.4 Å². The normalized spacial score (nSPS) is 18.3. The minimum absolute atomic E-state index is 0.0242. The predicted octanol–water partition coefficient (Wildman–Crippen LogP) is 6.50. The number of imidazole rings is 1. The van der Waals surface area contributed by atoms with Crippen LogP contribution < -0.4 is 10.1 Å². The van der Waals surface area contributed by atoms with Gasteiger partial charge in [0.1, 0.15) is 5.75 Å². The third-order valence-corrected chi connectivity index (χ3v) is 6.07. The lowest BCUT2D eigenvalue weighted by Gasteiger charge is -2.34. The summed E-state index contributed by atoms with van der Waals surface area (Å²) in [6.07, 6.45) is 0.834. The Hall–Kier alpha value is -2.69. The van der Waals surface area contributed by atoms with Crippen molar-refractivity contribution in [1.82, 2.24) is 9.55 Å². The van der Waals surface area contributed by atoms with Gasteiger partial charge in [-0.15, -0.1) is 0 Å². The maximum atomic E-state index is 6.53. The van der Waals surface area contributed by atoms with Crippen molar-refractivity contribution in [3.05, 3.63) is 87.9 Å². The molecule has 0 aliphatic carbocycles. The SMILES string of the molecule is COc1ccc(C2CC(c3ccc(Cl)cc3Cl)Nc3nc4ccccc4n32)cc1. The number of hydrogen-bond acceptors (Lipinski definition) is 3. The van der Waals surface area contributed by atoms with Gasteiger partial charge in [0.15, 0.2) is 0 Å². The molecule has 1 aliphatic rings. The summed E-state index contributed by atoms with van der Waals surface area (Å²) >= 11 is 12.6. The van der Waals surface area contributed by atoms with Gasteiger partial charge < -0.3 is 14.6 Å². The number of rotatable bonds is 3. The molecule has 1 N–H and O–H groups in total. The third-order valence-electron chi connectivity index (χ3n) is 5.51. The maximum Gasteiger partial charge on any atom is 0.204 e. The van der Waals surface area contributed by atoms with Crippen molar-refractivity contribution >= 4 is 40.2 Å². The van der Waals surface area contributed by atoms with Crippen LogP contribution in [0.15, 0.2) is 66.7 Å². The Labute approximate surface area is 179 Å². The van der Waals surface area contributed by atoms with Crippen molar-refractivity contribution in [2.24, 2.45) is 0 Å². The molecule has 2 unspecified atom stereocenters. The molecule has 0 bridgehead atoms. The average Bonchev–Trinajstić information content (AvgIpc) is 3.11. The molecule has 2 heterocycles. The largest absolute Gasteiger partial charge is 0.497 e. The lowest BCUT2D eigenvalue weighted by molar-refractivity contribution is 0.414. The van der Waals surface area contributed by atoms with Crippen LogP contribution in [0.1, 0.15) is 29.6 Å². The molecule has 3 aromatic carbocycles. The lowest BCUT2D eigenvalue weighted by Crippen LogP contribution is -2.27. The van der Waals surface area contributed by atoms with Gasteiger partial charge in [0, 0.05) is 10.0 Å². The van der Waals surface area contributed by atoms with E-state index in [2.05, 4.69) is 28.1 Å². The molecular weight excluding hydrogens is 405 g/mol. The molecular formula is C23H19Cl2N3O. The topological polar surface area (TPSA) is 39.1 Å². The predicted molar refractivity (Wildman–Crippen MR) is 118 cm³/mol. The van der Waals surface area contributed by atoms with Gasteiger partial charge in [0.2, 0.25) is 5.95 Å². The molecule has 1 aliphatic heterocycles. The summed E-state index contributed by atoms with van der Waals surface area (Å²) in [5, 5.41) is 4.88. The van der Waals surface area contributed by atoms with Crippen LogP contribution in [0.2, 0.25) is 10.0 Å². The zero-order valence-electron chi connectivity index (χ0n) is 15.8. The van der Waals surface area contributed by atoms with E-state index in [1.807, 2.05) is 42.5 Å². The van der Waals surface area contributed by atoms with E-state index in [9.17, 15) is 0 Å². The third kappa shape index (κ3) is 3.22. The van der Waals surface area contributed by atoms with Gasteiger partial charge in [-0.25, -0.2) is 4.98 Å². The zero-order chi connectivity index (χ0) is 20.0. The second-order valence-corrected chi connectivity index (χ2v) is 8.03. The van der Waals surface area contributed by atoms with E-state index in [4.69, 9.17) is 32.9 Å². The second kappa shape index (κ2) is 7.29. The van der Waals surface area contributed by atoms with E-state index >= 15 is 0 Å². The Balaban J connectivity index is 1.65. The monoisotopic (exact) mass is 423 g/mol.